The molecule has 2 aliphatic rings. The normalized spacial score (nSPS) is 30.3. The fourth-order valence-electron chi connectivity index (χ4n) is 2.85. The molecule has 2 unspecified atom stereocenters. The van der Waals surface area contributed by atoms with E-state index >= 15 is 0 Å². The smallest absolute Gasteiger partial charge is 0.223 e. The molecule has 2 atom stereocenters. The summed E-state index contributed by atoms with van der Waals surface area (Å²) in [6, 6.07) is 1.02. The number of hydrogen-bond donors (Lipinski definition) is 1. The van der Waals surface area contributed by atoms with Gasteiger partial charge in [0.25, 0.3) is 0 Å². The molecule has 86 valence electrons. The Morgan fingerprint density at radius 1 is 1.33 bits per heavy atom. The molecule has 0 aromatic carbocycles. The third-order valence-corrected chi connectivity index (χ3v) is 3.69. The molecule has 0 aromatic heterocycles. The Morgan fingerprint density at radius 3 is 2.93 bits per heavy atom. The summed E-state index contributed by atoms with van der Waals surface area (Å²) in [4.78, 5) is 14.3. The highest BCUT2D eigenvalue weighted by Crippen LogP contribution is 2.28. The van der Waals surface area contributed by atoms with Gasteiger partial charge < -0.3 is 10.2 Å². The molecule has 0 aromatic rings. The van der Waals surface area contributed by atoms with Gasteiger partial charge in [-0.15, -0.1) is 0 Å². The molecule has 2 bridgehead atoms. The van der Waals surface area contributed by atoms with Crippen LogP contribution in [-0.2, 0) is 4.79 Å². The molecule has 1 amide bonds. The highest BCUT2D eigenvalue weighted by Gasteiger charge is 2.37. The highest BCUT2D eigenvalue weighted by molar-refractivity contribution is 5.77. The van der Waals surface area contributed by atoms with E-state index in [4.69, 9.17) is 0 Å². The number of carbonyl (C=O) groups is 1. The van der Waals surface area contributed by atoms with Gasteiger partial charge in [-0.3, -0.25) is 4.79 Å². The fraction of sp³-hybridized carbons (Fsp3) is 0.917. The van der Waals surface area contributed by atoms with Crippen molar-refractivity contribution in [3.63, 3.8) is 0 Å². The van der Waals surface area contributed by atoms with Crippen LogP contribution in [0.15, 0.2) is 0 Å². The predicted molar refractivity (Wildman–Crippen MR) is 60.7 cm³/mol. The number of amides is 1. The van der Waals surface area contributed by atoms with Crippen molar-refractivity contribution in [1.82, 2.24) is 10.2 Å². The number of rotatable bonds is 3. The summed E-state index contributed by atoms with van der Waals surface area (Å²) < 4.78 is 0. The van der Waals surface area contributed by atoms with Crippen molar-refractivity contribution in [2.75, 3.05) is 13.1 Å². The summed E-state index contributed by atoms with van der Waals surface area (Å²) in [5.41, 5.74) is 0. The zero-order valence-electron chi connectivity index (χ0n) is 9.67. The van der Waals surface area contributed by atoms with Crippen LogP contribution in [0.3, 0.4) is 0 Å². The first kappa shape index (κ1) is 10.9. The molecule has 0 spiro atoms. The Labute approximate surface area is 92.2 Å². The number of nitrogens with zero attached hydrogens (tertiary/aromatic N) is 1. The molecule has 3 nitrogen and oxygen atoms in total. The SMILES string of the molecule is CCCCC(=O)N1C2CCNCC1CC2. The van der Waals surface area contributed by atoms with Gasteiger partial charge in [-0.25, -0.2) is 0 Å². The second kappa shape index (κ2) is 4.97. The Hall–Kier alpha value is -0.570. The van der Waals surface area contributed by atoms with Crippen molar-refractivity contribution in [3.05, 3.63) is 0 Å². The van der Waals surface area contributed by atoms with Gasteiger partial charge in [-0.2, -0.15) is 0 Å². The monoisotopic (exact) mass is 210 g/mol. The quantitative estimate of drug-likeness (QED) is 0.766. The maximum atomic E-state index is 12.1. The minimum absolute atomic E-state index is 0.396. The van der Waals surface area contributed by atoms with E-state index in [0.717, 1.165) is 38.8 Å². The number of nitrogens with one attached hydrogen (secondary N) is 1. The first-order chi connectivity index (χ1) is 7.33. The van der Waals surface area contributed by atoms with Gasteiger partial charge in [0, 0.05) is 25.0 Å². The van der Waals surface area contributed by atoms with Crippen LogP contribution in [-0.4, -0.2) is 36.0 Å². The molecular formula is C12H22N2O. The zero-order valence-corrected chi connectivity index (χ0v) is 9.67. The van der Waals surface area contributed by atoms with Crippen LogP contribution in [0.1, 0.15) is 45.4 Å². The van der Waals surface area contributed by atoms with Crippen molar-refractivity contribution in [3.8, 4) is 0 Å². The average molecular weight is 210 g/mol. The van der Waals surface area contributed by atoms with Crippen LogP contribution in [0.5, 0.6) is 0 Å². The number of hydrogen-bond acceptors (Lipinski definition) is 2. The van der Waals surface area contributed by atoms with Gasteiger partial charge >= 0.3 is 0 Å². The summed E-state index contributed by atoms with van der Waals surface area (Å²) >= 11 is 0. The van der Waals surface area contributed by atoms with E-state index in [1.165, 1.54) is 12.8 Å². The summed E-state index contributed by atoms with van der Waals surface area (Å²) in [5, 5.41) is 3.43. The largest absolute Gasteiger partial charge is 0.335 e. The van der Waals surface area contributed by atoms with Crippen LogP contribution < -0.4 is 5.32 Å². The van der Waals surface area contributed by atoms with Gasteiger partial charge in [-0.1, -0.05) is 13.3 Å². The van der Waals surface area contributed by atoms with Crippen molar-refractivity contribution in [1.29, 1.82) is 0 Å². The molecule has 0 saturated carbocycles. The lowest BCUT2D eigenvalue weighted by atomic mass is 10.1. The predicted octanol–water partition coefficient (Wildman–Crippen LogP) is 1.53. The van der Waals surface area contributed by atoms with E-state index < -0.39 is 0 Å². The first-order valence-corrected chi connectivity index (χ1v) is 6.34. The Morgan fingerprint density at radius 2 is 2.13 bits per heavy atom. The summed E-state index contributed by atoms with van der Waals surface area (Å²) in [7, 11) is 0. The molecule has 1 N–H and O–H groups in total. The van der Waals surface area contributed by atoms with Gasteiger partial charge in [-0.05, 0) is 32.2 Å². The third-order valence-electron chi connectivity index (χ3n) is 3.69. The maximum Gasteiger partial charge on any atom is 0.223 e. The lowest BCUT2D eigenvalue weighted by Crippen LogP contribution is -2.42. The lowest BCUT2D eigenvalue weighted by molar-refractivity contribution is -0.133. The molecule has 2 saturated heterocycles. The molecule has 0 radical (unpaired) electrons. The topological polar surface area (TPSA) is 32.3 Å². The lowest BCUT2D eigenvalue weighted by Gasteiger charge is -2.27. The molecule has 2 heterocycles. The van der Waals surface area contributed by atoms with Crippen LogP contribution >= 0.6 is 0 Å². The van der Waals surface area contributed by atoms with E-state index in [2.05, 4.69) is 17.1 Å². The van der Waals surface area contributed by atoms with E-state index in [-0.39, 0.29) is 0 Å². The van der Waals surface area contributed by atoms with Gasteiger partial charge in [0.15, 0.2) is 0 Å². The van der Waals surface area contributed by atoms with E-state index in [1.807, 2.05) is 0 Å². The molecule has 2 rings (SSSR count). The van der Waals surface area contributed by atoms with E-state index in [9.17, 15) is 4.79 Å². The summed E-state index contributed by atoms with van der Waals surface area (Å²) in [6.07, 6.45) is 6.49. The van der Waals surface area contributed by atoms with Crippen LogP contribution in [0.4, 0.5) is 0 Å². The molecule has 0 aliphatic carbocycles. The van der Waals surface area contributed by atoms with E-state index in [0.29, 0.717) is 18.0 Å². The Kier molecular flexibility index (Phi) is 3.62. The van der Waals surface area contributed by atoms with Crippen molar-refractivity contribution >= 4 is 5.91 Å². The van der Waals surface area contributed by atoms with Gasteiger partial charge in [0.05, 0.1) is 0 Å². The Bertz CT molecular complexity index is 216. The first-order valence-electron chi connectivity index (χ1n) is 6.34. The van der Waals surface area contributed by atoms with Crippen molar-refractivity contribution in [2.24, 2.45) is 0 Å². The second-order valence-electron chi connectivity index (χ2n) is 4.78. The minimum atomic E-state index is 0.396. The number of carbonyl (C=O) groups excluding carboxylic acids is 1. The molecule has 2 fully saturated rings. The zero-order chi connectivity index (χ0) is 10.7. The van der Waals surface area contributed by atoms with Gasteiger partial charge in [0.1, 0.15) is 0 Å². The van der Waals surface area contributed by atoms with Crippen LogP contribution in [0, 0.1) is 0 Å². The van der Waals surface area contributed by atoms with Gasteiger partial charge in [0.2, 0.25) is 5.91 Å². The molecule has 2 aliphatic heterocycles. The molecular weight excluding hydrogens is 188 g/mol. The van der Waals surface area contributed by atoms with Crippen LogP contribution in [0.25, 0.3) is 0 Å². The Balaban J connectivity index is 1.97. The minimum Gasteiger partial charge on any atom is -0.335 e. The highest BCUT2D eigenvalue weighted by atomic mass is 16.2. The number of fused-ring (bicyclic) bond motifs is 2. The van der Waals surface area contributed by atoms with Crippen molar-refractivity contribution < 1.29 is 4.79 Å². The van der Waals surface area contributed by atoms with Crippen LogP contribution in [0.2, 0.25) is 0 Å². The maximum absolute atomic E-state index is 12.1. The average Bonchev–Trinajstić information content (AvgIpc) is 2.49. The fourth-order valence-corrected chi connectivity index (χ4v) is 2.85. The van der Waals surface area contributed by atoms with E-state index in [1.54, 1.807) is 0 Å². The molecule has 3 heteroatoms. The second-order valence-corrected chi connectivity index (χ2v) is 4.78. The number of unbranched alkanes of at least 4 members (excludes halogenated alkanes) is 1. The third kappa shape index (κ3) is 2.33. The summed E-state index contributed by atoms with van der Waals surface area (Å²) in [6.45, 7) is 4.24. The standard InChI is InChI=1S/C12H22N2O/c1-2-3-4-12(15)14-10-5-6-11(14)9-13-8-7-10/h10-11,13H,2-9H2,1H3. The summed E-state index contributed by atoms with van der Waals surface area (Å²) in [5.74, 6) is 0.396. The molecule has 15 heavy (non-hydrogen) atoms. The van der Waals surface area contributed by atoms with Crippen molar-refractivity contribution in [2.45, 2.75) is 57.5 Å².